The average molecular weight is 345 g/mol. The highest BCUT2D eigenvalue weighted by Gasteiger charge is 2.30. The number of rotatable bonds is 4. The Bertz CT molecular complexity index is 648. The number of carbonyl (C=O) groups is 1. The summed E-state index contributed by atoms with van der Waals surface area (Å²) in [6.07, 6.45) is 2.58. The Morgan fingerprint density at radius 1 is 1.41 bits per heavy atom. The molecule has 1 aromatic carbocycles. The molecule has 2 rings (SSSR count). The zero-order chi connectivity index (χ0) is 16.3. The SMILES string of the molecule is CC(NC(=O)C1CCCN(S(C)(=O)=O)C1)c1ccccc1Cl. The summed E-state index contributed by atoms with van der Waals surface area (Å²) < 4.78 is 24.6. The van der Waals surface area contributed by atoms with Crippen molar-refractivity contribution in [1.82, 2.24) is 9.62 Å². The lowest BCUT2D eigenvalue weighted by molar-refractivity contribution is -0.126. The highest BCUT2D eigenvalue weighted by Crippen LogP contribution is 2.24. The van der Waals surface area contributed by atoms with Gasteiger partial charge in [0.1, 0.15) is 0 Å². The smallest absolute Gasteiger partial charge is 0.224 e. The largest absolute Gasteiger partial charge is 0.349 e. The summed E-state index contributed by atoms with van der Waals surface area (Å²) in [6, 6.07) is 7.15. The molecular formula is C15H21ClN2O3S. The lowest BCUT2D eigenvalue weighted by Gasteiger charge is -2.31. The standard InChI is InChI=1S/C15H21ClN2O3S/c1-11(13-7-3-4-8-14(13)16)17-15(19)12-6-5-9-18(10-12)22(2,20)21/h3-4,7-8,11-12H,5-6,9-10H2,1-2H3,(H,17,19). The maximum absolute atomic E-state index is 12.4. The minimum atomic E-state index is -3.25. The number of hydrogen-bond acceptors (Lipinski definition) is 3. The first-order chi connectivity index (χ1) is 10.3. The van der Waals surface area contributed by atoms with Crippen LogP contribution in [0.1, 0.15) is 31.4 Å². The number of sulfonamides is 1. The fraction of sp³-hybridized carbons (Fsp3) is 0.533. The number of carbonyl (C=O) groups excluding carboxylic acids is 1. The maximum atomic E-state index is 12.4. The number of hydrogen-bond donors (Lipinski definition) is 1. The highest BCUT2D eigenvalue weighted by atomic mass is 35.5. The summed E-state index contributed by atoms with van der Waals surface area (Å²) in [7, 11) is -3.25. The summed E-state index contributed by atoms with van der Waals surface area (Å²) in [6.45, 7) is 2.61. The lowest BCUT2D eigenvalue weighted by Crippen LogP contribution is -2.45. The molecule has 1 aliphatic heterocycles. The Kier molecular flexibility index (Phi) is 5.47. The fourth-order valence-electron chi connectivity index (χ4n) is 2.69. The van der Waals surface area contributed by atoms with Crippen LogP contribution in [0, 0.1) is 5.92 Å². The van der Waals surface area contributed by atoms with Gasteiger partial charge in [-0.3, -0.25) is 4.79 Å². The second-order valence-electron chi connectivity index (χ2n) is 5.71. The first kappa shape index (κ1) is 17.2. The molecule has 1 fully saturated rings. The molecular weight excluding hydrogens is 324 g/mol. The van der Waals surface area contributed by atoms with Crippen LogP contribution in [0.3, 0.4) is 0 Å². The van der Waals surface area contributed by atoms with Gasteiger partial charge in [-0.15, -0.1) is 0 Å². The molecule has 1 saturated heterocycles. The number of benzene rings is 1. The van der Waals surface area contributed by atoms with Gasteiger partial charge in [-0.25, -0.2) is 12.7 Å². The predicted molar refractivity (Wildman–Crippen MR) is 87.2 cm³/mol. The summed E-state index contributed by atoms with van der Waals surface area (Å²) in [5, 5.41) is 3.54. The summed E-state index contributed by atoms with van der Waals surface area (Å²) >= 11 is 6.13. The molecule has 122 valence electrons. The van der Waals surface area contributed by atoms with Crippen LogP contribution < -0.4 is 5.32 Å². The molecule has 1 aromatic rings. The van der Waals surface area contributed by atoms with E-state index in [4.69, 9.17) is 11.6 Å². The molecule has 0 spiro atoms. The Morgan fingerprint density at radius 3 is 2.73 bits per heavy atom. The molecule has 5 nitrogen and oxygen atoms in total. The first-order valence-electron chi connectivity index (χ1n) is 7.29. The molecule has 2 atom stereocenters. The third kappa shape index (κ3) is 4.21. The van der Waals surface area contributed by atoms with E-state index >= 15 is 0 Å². The van der Waals surface area contributed by atoms with Gasteiger partial charge >= 0.3 is 0 Å². The summed E-state index contributed by atoms with van der Waals surface area (Å²) in [4.78, 5) is 12.4. The molecule has 0 aliphatic carbocycles. The van der Waals surface area contributed by atoms with E-state index in [-0.39, 0.29) is 24.4 Å². The molecule has 22 heavy (non-hydrogen) atoms. The number of piperidine rings is 1. The summed E-state index contributed by atoms with van der Waals surface area (Å²) in [5.41, 5.74) is 0.855. The van der Waals surface area contributed by atoms with E-state index < -0.39 is 10.0 Å². The van der Waals surface area contributed by atoms with Gasteiger partial charge in [0.2, 0.25) is 15.9 Å². The van der Waals surface area contributed by atoms with Crippen molar-refractivity contribution in [2.45, 2.75) is 25.8 Å². The normalized spacial score (nSPS) is 21.3. The minimum absolute atomic E-state index is 0.124. The second-order valence-corrected chi connectivity index (χ2v) is 8.10. The molecule has 0 radical (unpaired) electrons. The van der Waals surface area contributed by atoms with E-state index in [1.807, 2.05) is 25.1 Å². The van der Waals surface area contributed by atoms with Crippen LogP contribution >= 0.6 is 11.6 Å². The van der Waals surface area contributed by atoms with Crippen LogP contribution in [0.5, 0.6) is 0 Å². The minimum Gasteiger partial charge on any atom is -0.349 e. The van der Waals surface area contributed by atoms with Gasteiger partial charge in [0.05, 0.1) is 18.2 Å². The molecule has 0 saturated carbocycles. The zero-order valence-corrected chi connectivity index (χ0v) is 14.3. The summed E-state index contributed by atoms with van der Waals surface area (Å²) in [5.74, 6) is -0.436. The van der Waals surface area contributed by atoms with Crippen LogP contribution in [0.25, 0.3) is 0 Å². The van der Waals surface area contributed by atoms with E-state index in [0.717, 1.165) is 5.56 Å². The van der Waals surface area contributed by atoms with Crippen molar-refractivity contribution in [3.63, 3.8) is 0 Å². The van der Waals surface area contributed by atoms with Gasteiger partial charge in [0, 0.05) is 18.1 Å². The molecule has 1 heterocycles. The Balaban J connectivity index is 2.01. The molecule has 0 bridgehead atoms. The monoisotopic (exact) mass is 344 g/mol. The molecule has 1 N–H and O–H groups in total. The van der Waals surface area contributed by atoms with Crippen molar-refractivity contribution in [3.05, 3.63) is 34.9 Å². The second kappa shape index (κ2) is 6.98. The van der Waals surface area contributed by atoms with Crippen molar-refractivity contribution in [2.24, 2.45) is 5.92 Å². The third-order valence-electron chi connectivity index (χ3n) is 3.95. The third-order valence-corrected chi connectivity index (χ3v) is 5.57. The van der Waals surface area contributed by atoms with E-state index in [0.29, 0.717) is 24.4 Å². The molecule has 0 aromatic heterocycles. The van der Waals surface area contributed by atoms with Crippen LogP contribution in [0.4, 0.5) is 0 Å². The lowest BCUT2D eigenvalue weighted by atomic mass is 9.98. The zero-order valence-electron chi connectivity index (χ0n) is 12.8. The van der Waals surface area contributed by atoms with Crippen molar-refractivity contribution in [1.29, 1.82) is 0 Å². The van der Waals surface area contributed by atoms with Crippen molar-refractivity contribution in [3.8, 4) is 0 Å². The topological polar surface area (TPSA) is 66.5 Å². The molecule has 2 unspecified atom stereocenters. The van der Waals surface area contributed by atoms with E-state index in [1.165, 1.54) is 10.6 Å². The Morgan fingerprint density at radius 2 is 2.09 bits per heavy atom. The van der Waals surface area contributed by atoms with Gasteiger partial charge in [0.15, 0.2) is 0 Å². The van der Waals surface area contributed by atoms with Gasteiger partial charge in [-0.2, -0.15) is 0 Å². The number of halogens is 1. The van der Waals surface area contributed by atoms with Crippen LogP contribution in [-0.2, 0) is 14.8 Å². The molecule has 1 amide bonds. The first-order valence-corrected chi connectivity index (χ1v) is 9.51. The van der Waals surface area contributed by atoms with Crippen molar-refractivity contribution < 1.29 is 13.2 Å². The predicted octanol–water partition coefficient (Wildman–Crippen LogP) is 2.19. The van der Waals surface area contributed by atoms with E-state index in [1.54, 1.807) is 6.07 Å². The number of nitrogens with zero attached hydrogens (tertiary/aromatic N) is 1. The molecule has 1 aliphatic rings. The van der Waals surface area contributed by atoms with Gasteiger partial charge < -0.3 is 5.32 Å². The van der Waals surface area contributed by atoms with Crippen LogP contribution in [0.15, 0.2) is 24.3 Å². The van der Waals surface area contributed by atoms with Crippen LogP contribution in [0.2, 0.25) is 5.02 Å². The van der Waals surface area contributed by atoms with Gasteiger partial charge in [0.25, 0.3) is 0 Å². The average Bonchev–Trinajstić information content (AvgIpc) is 2.46. The fourth-order valence-corrected chi connectivity index (χ4v) is 3.90. The molecule has 7 heteroatoms. The Labute approximate surface area is 136 Å². The maximum Gasteiger partial charge on any atom is 0.224 e. The van der Waals surface area contributed by atoms with Crippen molar-refractivity contribution in [2.75, 3.05) is 19.3 Å². The van der Waals surface area contributed by atoms with Crippen molar-refractivity contribution >= 4 is 27.5 Å². The quantitative estimate of drug-likeness (QED) is 0.910. The van der Waals surface area contributed by atoms with Gasteiger partial charge in [-0.05, 0) is 31.4 Å². The number of amides is 1. The number of nitrogens with one attached hydrogen (secondary N) is 1. The van der Waals surface area contributed by atoms with E-state index in [2.05, 4.69) is 5.32 Å². The van der Waals surface area contributed by atoms with Crippen LogP contribution in [-0.4, -0.2) is 38.0 Å². The van der Waals surface area contributed by atoms with Gasteiger partial charge in [-0.1, -0.05) is 29.8 Å². The van der Waals surface area contributed by atoms with E-state index in [9.17, 15) is 13.2 Å². The Hall–Kier alpha value is -1.11. The highest BCUT2D eigenvalue weighted by molar-refractivity contribution is 7.88.